The van der Waals surface area contributed by atoms with E-state index >= 15 is 0 Å². The summed E-state index contributed by atoms with van der Waals surface area (Å²) in [7, 11) is -3.64. The summed E-state index contributed by atoms with van der Waals surface area (Å²) in [6.45, 7) is 3.56. The van der Waals surface area contributed by atoms with E-state index in [1.54, 1.807) is 44.2 Å². The molecule has 0 aliphatic heterocycles. The molecule has 0 aliphatic carbocycles. The second-order valence-corrected chi connectivity index (χ2v) is 11.4. The molecule has 0 amide bonds. The van der Waals surface area contributed by atoms with Crippen molar-refractivity contribution >= 4 is 40.1 Å². The molecule has 0 spiro atoms. The van der Waals surface area contributed by atoms with Gasteiger partial charge in [-0.05, 0) is 66.9 Å². The zero-order valence-corrected chi connectivity index (χ0v) is 26.9. The fourth-order valence-electron chi connectivity index (χ4n) is 4.31. The van der Waals surface area contributed by atoms with Gasteiger partial charge in [-0.2, -0.15) is 0 Å². The molecule has 3 rings (SSSR count). The second-order valence-electron chi connectivity index (χ2n) is 9.67. The standard InChI is InChI=1S/C31H38N2O10S.ClH/c1-4-40-30(36)19-42-24-11-6-21(7-12-24)26(22-8-13-25(14-9-22)43-20-31(37)41-5-2)17-32-28(18-34)23-10-15-29(35)27(16-23)33-44(3,38)39;/h6-16,26,28,32-35H,4-5,17-20H2,1-3H3;1H. The van der Waals surface area contributed by atoms with E-state index in [-0.39, 0.29) is 62.8 Å². The van der Waals surface area contributed by atoms with Gasteiger partial charge in [-0.15, -0.1) is 12.4 Å². The Labute approximate surface area is 269 Å². The highest BCUT2D eigenvalue weighted by molar-refractivity contribution is 7.92. The number of hydrogen-bond donors (Lipinski definition) is 4. The lowest BCUT2D eigenvalue weighted by Crippen LogP contribution is -2.29. The largest absolute Gasteiger partial charge is 0.506 e. The van der Waals surface area contributed by atoms with E-state index in [1.807, 2.05) is 24.3 Å². The maximum atomic E-state index is 11.7. The number of carbonyl (C=O) groups is 2. The number of halogens is 1. The molecule has 0 saturated carbocycles. The Morgan fingerprint density at radius 1 is 0.800 bits per heavy atom. The summed E-state index contributed by atoms with van der Waals surface area (Å²) in [6.07, 6.45) is 0.978. The van der Waals surface area contributed by atoms with Crippen molar-refractivity contribution in [3.8, 4) is 17.2 Å². The molecule has 0 aliphatic rings. The first kappa shape index (κ1) is 37.1. The van der Waals surface area contributed by atoms with Crippen molar-refractivity contribution in [2.45, 2.75) is 25.8 Å². The fourth-order valence-corrected chi connectivity index (χ4v) is 4.87. The zero-order chi connectivity index (χ0) is 32.1. The Bertz CT molecular complexity index is 1420. The Balaban J connectivity index is 0.00000705. The van der Waals surface area contributed by atoms with Crippen LogP contribution in [0.5, 0.6) is 17.2 Å². The number of phenols is 1. The average molecular weight is 667 g/mol. The molecule has 4 N–H and O–H groups in total. The molecule has 0 saturated heterocycles. The van der Waals surface area contributed by atoms with Crippen LogP contribution < -0.4 is 19.5 Å². The van der Waals surface area contributed by atoms with Crippen LogP contribution >= 0.6 is 12.4 Å². The first-order valence-corrected chi connectivity index (χ1v) is 15.8. The van der Waals surface area contributed by atoms with Crippen LogP contribution in [0, 0.1) is 0 Å². The minimum atomic E-state index is -3.64. The fraction of sp³-hybridized carbons (Fsp3) is 0.355. The van der Waals surface area contributed by atoms with Crippen molar-refractivity contribution < 1.29 is 47.2 Å². The molecule has 14 heteroatoms. The van der Waals surface area contributed by atoms with Crippen molar-refractivity contribution in [2.24, 2.45) is 0 Å². The summed E-state index contributed by atoms with van der Waals surface area (Å²) in [5.41, 5.74) is 2.34. The number of benzene rings is 3. The van der Waals surface area contributed by atoms with Crippen LogP contribution in [0.3, 0.4) is 0 Å². The first-order valence-electron chi connectivity index (χ1n) is 13.9. The van der Waals surface area contributed by atoms with E-state index in [4.69, 9.17) is 18.9 Å². The van der Waals surface area contributed by atoms with Crippen LogP contribution in [0.2, 0.25) is 0 Å². The van der Waals surface area contributed by atoms with E-state index in [0.29, 0.717) is 23.6 Å². The Morgan fingerprint density at radius 2 is 1.27 bits per heavy atom. The molecule has 1 atom stereocenters. The number of phenolic OH excluding ortho intramolecular Hbond substituents is 1. The number of ether oxygens (including phenoxy) is 4. The maximum Gasteiger partial charge on any atom is 0.344 e. The number of aliphatic hydroxyl groups is 1. The van der Waals surface area contributed by atoms with Crippen molar-refractivity contribution in [2.75, 3.05) is 50.6 Å². The van der Waals surface area contributed by atoms with E-state index in [9.17, 15) is 28.2 Å². The number of nitrogens with one attached hydrogen (secondary N) is 2. The van der Waals surface area contributed by atoms with Gasteiger partial charge in [-0.1, -0.05) is 30.3 Å². The van der Waals surface area contributed by atoms with Gasteiger partial charge in [0.25, 0.3) is 0 Å². The lowest BCUT2D eigenvalue weighted by Gasteiger charge is -2.24. The maximum absolute atomic E-state index is 11.7. The molecule has 1 unspecified atom stereocenters. The van der Waals surface area contributed by atoms with Gasteiger partial charge in [0.15, 0.2) is 13.2 Å². The predicted molar refractivity (Wildman–Crippen MR) is 171 cm³/mol. The van der Waals surface area contributed by atoms with Crippen LogP contribution in [-0.2, 0) is 29.1 Å². The van der Waals surface area contributed by atoms with Crippen LogP contribution in [0.4, 0.5) is 5.69 Å². The van der Waals surface area contributed by atoms with Crippen LogP contribution in [0.15, 0.2) is 66.7 Å². The molecule has 0 bridgehead atoms. The molecular formula is C31H39ClN2O10S. The van der Waals surface area contributed by atoms with Crippen molar-refractivity contribution in [1.29, 1.82) is 0 Å². The summed E-state index contributed by atoms with van der Waals surface area (Å²) in [4.78, 5) is 23.3. The molecule has 0 fully saturated rings. The zero-order valence-electron chi connectivity index (χ0n) is 25.2. The SMILES string of the molecule is CCOC(=O)COc1ccc(C(CNC(CO)c2ccc(O)c(NS(C)(=O)=O)c2)c2ccc(OCC(=O)OCC)cc2)cc1.Cl. The highest BCUT2D eigenvalue weighted by Gasteiger charge is 2.20. The molecule has 246 valence electrons. The number of rotatable bonds is 17. The number of anilines is 1. The van der Waals surface area contributed by atoms with E-state index < -0.39 is 28.0 Å². The molecule has 0 aromatic heterocycles. The van der Waals surface area contributed by atoms with Gasteiger partial charge in [-0.3, -0.25) is 4.72 Å². The topological polar surface area (TPSA) is 170 Å². The van der Waals surface area contributed by atoms with E-state index in [0.717, 1.165) is 17.4 Å². The molecule has 0 heterocycles. The summed E-state index contributed by atoms with van der Waals surface area (Å²) < 4.78 is 46.6. The lowest BCUT2D eigenvalue weighted by atomic mass is 9.90. The molecular weight excluding hydrogens is 628 g/mol. The third-order valence-electron chi connectivity index (χ3n) is 6.36. The summed E-state index contributed by atoms with van der Waals surface area (Å²) in [5, 5.41) is 23.7. The minimum absolute atomic E-state index is 0. The minimum Gasteiger partial charge on any atom is -0.506 e. The number of hydrogen-bond acceptors (Lipinski definition) is 11. The number of sulfonamides is 1. The summed E-state index contributed by atoms with van der Waals surface area (Å²) >= 11 is 0. The Hall–Kier alpha value is -4.04. The Kier molecular flexibility index (Phi) is 14.9. The summed E-state index contributed by atoms with van der Waals surface area (Å²) in [6, 6.07) is 18.2. The number of aromatic hydroxyl groups is 1. The van der Waals surface area contributed by atoms with Crippen molar-refractivity contribution in [3.05, 3.63) is 83.4 Å². The lowest BCUT2D eigenvalue weighted by molar-refractivity contribution is -0.146. The Morgan fingerprint density at radius 3 is 1.69 bits per heavy atom. The smallest absolute Gasteiger partial charge is 0.344 e. The van der Waals surface area contributed by atoms with Gasteiger partial charge in [0.2, 0.25) is 10.0 Å². The monoisotopic (exact) mass is 666 g/mol. The van der Waals surface area contributed by atoms with Gasteiger partial charge < -0.3 is 34.5 Å². The van der Waals surface area contributed by atoms with Gasteiger partial charge in [0.05, 0.1) is 37.8 Å². The van der Waals surface area contributed by atoms with E-state index in [2.05, 4.69) is 10.0 Å². The average Bonchev–Trinajstić information content (AvgIpc) is 2.99. The normalized spacial score (nSPS) is 11.7. The van der Waals surface area contributed by atoms with E-state index in [1.165, 1.54) is 12.1 Å². The number of aliphatic hydroxyl groups excluding tert-OH is 1. The molecule has 12 nitrogen and oxygen atoms in total. The van der Waals surface area contributed by atoms with Crippen molar-refractivity contribution in [3.63, 3.8) is 0 Å². The first-order chi connectivity index (χ1) is 21.0. The molecule has 0 radical (unpaired) electrons. The van der Waals surface area contributed by atoms with Gasteiger partial charge in [-0.25, -0.2) is 18.0 Å². The third kappa shape index (κ3) is 12.1. The number of esters is 2. The quantitative estimate of drug-likeness (QED) is 0.123. The van der Waals surface area contributed by atoms with Crippen molar-refractivity contribution in [1.82, 2.24) is 5.32 Å². The number of carbonyl (C=O) groups excluding carboxylic acids is 2. The summed E-state index contributed by atoms with van der Waals surface area (Å²) in [5.74, 6) is -0.456. The van der Waals surface area contributed by atoms with Gasteiger partial charge in [0, 0.05) is 12.5 Å². The van der Waals surface area contributed by atoms with Gasteiger partial charge in [0.1, 0.15) is 17.2 Å². The third-order valence-corrected chi connectivity index (χ3v) is 6.95. The molecule has 3 aromatic rings. The van der Waals surface area contributed by atoms with Gasteiger partial charge >= 0.3 is 11.9 Å². The molecule has 3 aromatic carbocycles. The second kappa shape index (κ2) is 18.1. The highest BCUT2D eigenvalue weighted by atomic mass is 35.5. The van der Waals surface area contributed by atoms with Crippen LogP contribution in [-0.4, -0.2) is 76.4 Å². The molecule has 45 heavy (non-hydrogen) atoms. The van der Waals surface area contributed by atoms with Crippen LogP contribution in [0.25, 0.3) is 0 Å². The predicted octanol–water partition coefficient (Wildman–Crippen LogP) is 3.52. The highest BCUT2D eigenvalue weighted by Crippen LogP contribution is 2.31. The van der Waals surface area contributed by atoms with Crippen LogP contribution in [0.1, 0.15) is 42.5 Å².